The van der Waals surface area contributed by atoms with Gasteiger partial charge < -0.3 is 9.64 Å². The summed E-state index contributed by atoms with van der Waals surface area (Å²) in [6.07, 6.45) is 3.76. The van der Waals surface area contributed by atoms with Gasteiger partial charge in [0.15, 0.2) is 0 Å². The number of anilines is 1. The van der Waals surface area contributed by atoms with Gasteiger partial charge in [0, 0.05) is 47.5 Å². The summed E-state index contributed by atoms with van der Waals surface area (Å²) in [6, 6.07) is 8.64. The highest BCUT2D eigenvalue weighted by atomic mass is 16.5. The molecule has 0 spiro atoms. The van der Waals surface area contributed by atoms with Crippen molar-refractivity contribution >= 4 is 16.6 Å². The van der Waals surface area contributed by atoms with Gasteiger partial charge in [0.25, 0.3) is 0 Å². The number of aromatic nitrogens is 3. The molecule has 0 saturated carbocycles. The van der Waals surface area contributed by atoms with E-state index in [-0.39, 0.29) is 5.41 Å². The molecule has 0 N–H and O–H groups in total. The Morgan fingerprint density at radius 3 is 2.37 bits per heavy atom. The van der Waals surface area contributed by atoms with Crippen molar-refractivity contribution in [3.05, 3.63) is 48.0 Å². The summed E-state index contributed by atoms with van der Waals surface area (Å²) < 4.78 is 5.46. The Kier molecular flexibility index (Phi) is 4.56. The number of aryl methyl sites for hydroxylation is 1. The van der Waals surface area contributed by atoms with E-state index in [1.54, 1.807) is 0 Å². The summed E-state index contributed by atoms with van der Waals surface area (Å²) in [5, 5.41) is 1.19. The van der Waals surface area contributed by atoms with Gasteiger partial charge in [-0.05, 0) is 36.8 Å². The third kappa shape index (κ3) is 3.65. The number of hydrogen-bond donors (Lipinski definition) is 0. The highest BCUT2D eigenvalue weighted by Crippen LogP contribution is 2.28. The fourth-order valence-electron chi connectivity index (χ4n) is 3.40. The van der Waals surface area contributed by atoms with Gasteiger partial charge in [-0.1, -0.05) is 20.8 Å². The van der Waals surface area contributed by atoms with Gasteiger partial charge in [-0.3, -0.25) is 0 Å². The molecule has 1 aromatic carbocycles. The normalized spacial score (nSPS) is 15.3. The molecule has 5 heteroatoms. The van der Waals surface area contributed by atoms with Crippen molar-refractivity contribution in [2.24, 2.45) is 0 Å². The van der Waals surface area contributed by atoms with Crippen LogP contribution in [0.2, 0.25) is 0 Å². The topological polar surface area (TPSA) is 51.1 Å². The van der Waals surface area contributed by atoms with Crippen molar-refractivity contribution in [3.63, 3.8) is 0 Å². The van der Waals surface area contributed by atoms with Crippen LogP contribution in [0.1, 0.15) is 32.2 Å². The van der Waals surface area contributed by atoms with E-state index in [1.807, 2.05) is 12.4 Å². The first-order valence-corrected chi connectivity index (χ1v) is 9.49. The van der Waals surface area contributed by atoms with Crippen LogP contribution in [0.15, 0.2) is 36.7 Å². The van der Waals surface area contributed by atoms with Crippen LogP contribution >= 0.6 is 0 Å². The van der Waals surface area contributed by atoms with Crippen LogP contribution in [-0.2, 0) is 10.2 Å². The van der Waals surface area contributed by atoms with E-state index in [9.17, 15) is 0 Å². The summed E-state index contributed by atoms with van der Waals surface area (Å²) >= 11 is 0. The molecule has 3 aromatic rings. The lowest BCUT2D eigenvalue weighted by molar-refractivity contribution is 0.122. The van der Waals surface area contributed by atoms with Gasteiger partial charge in [-0.15, -0.1) is 0 Å². The second-order valence-electron chi connectivity index (χ2n) is 8.17. The zero-order valence-corrected chi connectivity index (χ0v) is 16.5. The lowest BCUT2D eigenvalue weighted by Crippen LogP contribution is -2.36. The lowest BCUT2D eigenvalue weighted by atomic mass is 9.95. The molecule has 4 rings (SSSR count). The predicted octanol–water partition coefficient (Wildman–Crippen LogP) is 4.13. The maximum Gasteiger partial charge on any atom is 0.133 e. The van der Waals surface area contributed by atoms with Crippen molar-refractivity contribution in [3.8, 4) is 11.3 Å². The van der Waals surface area contributed by atoms with Crippen molar-refractivity contribution in [1.82, 2.24) is 15.0 Å². The summed E-state index contributed by atoms with van der Waals surface area (Å²) in [5.41, 5.74) is 5.26. The quantitative estimate of drug-likeness (QED) is 0.686. The number of fused-ring (bicyclic) bond motifs is 1. The first-order chi connectivity index (χ1) is 12.9. The molecule has 1 fully saturated rings. The number of nitrogens with zero attached hydrogens (tertiary/aromatic N) is 4. The lowest BCUT2D eigenvalue weighted by Gasteiger charge is -2.29. The molecular formula is C22H26N4O. The third-order valence-corrected chi connectivity index (χ3v) is 4.99. The molecule has 1 saturated heterocycles. The minimum absolute atomic E-state index is 0.0544. The minimum Gasteiger partial charge on any atom is -0.378 e. The van der Waals surface area contributed by atoms with E-state index in [4.69, 9.17) is 9.72 Å². The largest absolute Gasteiger partial charge is 0.378 e. The Hall–Kier alpha value is -2.53. The van der Waals surface area contributed by atoms with Gasteiger partial charge >= 0.3 is 0 Å². The SMILES string of the molecule is Cc1cc(-c2cnc(C(C)(C)C)nc2)nc2ccc(N3CCOCC3)cc12. The highest BCUT2D eigenvalue weighted by Gasteiger charge is 2.17. The van der Waals surface area contributed by atoms with E-state index in [2.05, 4.69) is 66.8 Å². The third-order valence-electron chi connectivity index (χ3n) is 4.99. The van der Waals surface area contributed by atoms with E-state index in [0.29, 0.717) is 0 Å². The van der Waals surface area contributed by atoms with Crippen LogP contribution in [0.3, 0.4) is 0 Å². The minimum atomic E-state index is -0.0544. The molecule has 0 atom stereocenters. The van der Waals surface area contributed by atoms with Crippen LogP contribution in [0.25, 0.3) is 22.2 Å². The van der Waals surface area contributed by atoms with Crippen LogP contribution in [0, 0.1) is 6.92 Å². The molecule has 3 heterocycles. The average molecular weight is 362 g/mol. The van der Waals surface area contributed by atoms with Crippen molar-refractivity contribution in [1.29, 1.82) is 0 Å². The standard InChI is InChI=1S/C22H26N4O/c1-15-11-20(16-13-23-21(24-14-16)22(2,3)4)25-19-6-5-17(12-18(15)19)26-7-9-27-10-8-26/h5-6,11-14H,7-10H2,1-4H3. The smallest absolute Gasteiger partial charge is 0.133 e. The molecule has 140 valence electrons. The van der Waals surface area contributed by atoms with E-state index in [1.165, 1.54) is 16.6 Å². The highest BCUT2D eigenvalue weighted by molar-refractivity contribution is 5.87. The Balaban J connectivity index is 1.69. The van der Waals surface area contributed by atoms with Gasteiger partial charge in [0.1, 0.15) is 5.82 Å². The molecule has 0 amide bonds. The first kappa shape index (κ1) is 17.9. The number of benzene rings is 1. The zero-order valence-electron chi connectivity index (χ0n) is 16.5. The first-order valence-electron chi connectivity index (χ1n) is 9.49. The predicted molar refractivity (Wildman–Crippen MR) is 109 cm³/mol. The van der Waals surface area contributed by atoms with E-state index >= 15 is 0 Å². The fraction of sp³-hybridized carbons (Fsp3) is 0.409. The molecule has 0 aliphatic carbocycles. The van der Waals surface area contributed by atoms with Crippen LogP contribution in [0.4, 0.5) is 5.69 Å². The van der Waals surface area contributed by atoms with Crippen LogP contribution in [0.5, 0.6) is 0 Å². The maximum atomic E-state index is 5.46. The Morgan fingerprint density at radius 2 is 1.70 bits per heavy atom. The monoisotopic (exact) mass is 362 g/mol. The molecule has 0 radical (unpaired) electrons. The summed E-state index contributed by atoms with van der Waals surface area (Å²) in [5.74, 6) is 0.846. The van der Waals surface area contributed by atoms with Crippen LogP contribution in [-0.4, -0.2) is 41.3 Å². The fourth-order valence-corrected chi connectivity index (χ4v) is 3.40. The molecule has 5 nitrogen and oxygen atoms in total. The Bertz CT molecular complexity index is 954. The van der Waals surface area contributed by atoms with Crippen LogP contribution < -0.4 is 4.90 Å². The second-order valence-corrected chi connectivity index (χ2v) is 8.17. The van der Waals surface area contributed by atoms with Gasteiger partial charge in [0.05, 0.1) is 24.4 Å². The van der Waals surface area contributed by atoms with E-state index < -0.39 is 0 Å². The molecule has 2 aromatic heterocycles. The summed E-state index contributed by atoms with van der Waals surface area (Å²) in [4.78, 5) is 16.3. The molecular weight excluding hydrogens is 336 g/mol. The maximum absolute atomic E-state index is 5.46. The molecule has 27 heavy (non-hydrogen) atoms. The number of morpholine rings is 1. The number of hydrogen-bond acceptors (Lipinski definition) is 5. The van der Waals surface area contributed by atoms with Gasteiger partial charge in [-0.2, -0.15) is 0 Å². The average Bonchev–Trinajstić information content (AvgIpc) is 2.68. The Morgan fingerprint density at radius 1 is 1.00 bits per heavy atom. The van der Waals surface area contributed by atoms with Crippen molar-refractivity contribution < 1.29 is 4.74 Å². The van der Waals surface area contributed by atoms with Gasteiger partial charge in [-0.25, -0.2) is 15.0 Å². The van der Waals surface area contributed by atoms with Gasteiger partial charge in [0.2, 0.25) is 0 Å². The zero-order chi connectivity index (χ0) is 19.0. The Labute approximate surface area is 160 Å². The van der Waals surface area contributed by atoms with Crippen molar-refractivity contribution in [2.75, 3.05) is 31.2 Å². The second kappa shape index (κ2) is 6.89. The summed E-state index contributed by atoms with van der Waals surface area (Å²) in [7, 11) is 0. The number of ether oxygens (including phenoxy) is 1. The molecule has 0 unspecified atom stereocenters. The summed E-state index contributed by atoms with van der Waals surface area (Å²) in [6.45, 7) is 11.9. The number of rotatable bonds is 2. The van der Waals surface area contributed by atoms with E-state index in [0.717, 1.165) is 48.9 Å². The molecule has 1 aliphatic rings. The molecule has 0 bridgehead atoms. The molecule has 1 aliphatic heterocycles. The number of pyridine rings is 1. The van der Waals surface area contributed by atoms with Crippen molar-refractivity contribution in [2.45, 2.75) is 33.1 Å².